The SMILES string of the molecule is N#CNC(=NCCCCCOc1ccc(F)cc1)Nc1cccnc1. The van der Waals surface area contributed by atoms with Crippen LogP contribution < -0.4 is 15.4 Å². The van der Waals surface area contributed by atoms with Crippen molar-refractivity contribution in [3.63, 3.8) is 0 Å². The Morgan fingerprint density at radius 2 is 2.04 bits per heavy atom. The second-order valence-corrected chi connectivity index (χ2v) is 5.20. The number of ether oxygens (including phenoxy) is 1. The molecule has 0 unspecified atom stereocenters. The van der Waals surface area contributed by atoms with E-state index in [1.807, 2.05) is 12.3 Å². The standard InChI is InChI=1S/C18H20FN5O/c19-15-6-8-17(9-7-15)25-12-3-1-2-11-22-18(23-14-20)24-16-5-4-10-21-13-16/h4-10,13H,1-3,11-12H2,(H2,22,23,24). The number of pyridine rings is 1. The molecule has 0 saturated carbocycles. The van der Waals surface area contributed by atoms with Crippen LogP contribution in [-0.4, -0.2) is 24.1 Å². The van der Waals surface area contributed by atoms with Crippen molar-refractivity contribution in [3.8, 4) is 11.9 Å². The van der Waals surface area contributed by atoms with Crippen LogP contribution in [0.25, 0.3) is 0 Å². The van der Waals surface area contributed by atoms with Crippen LogP contribution in [-0.2, 0) is 0 Å². The van der Waals surface area contributed by atoms with Crippen molar-refractivity contribution in [3.05, 3.63) is 54.6 Å². The van der Waals surface area contributed by atoms with Gasteiger partial charge in [0.15, 0.2) is 6.19 Å². The van der Waals surface area contributed by atoms with Gasteiger partial charge in [-0.15, -0.1) is 0 Å². The number of nitriles is 1. The number of aromatic nitrogens is 1. The molecule has 0 bridgehead atoms. The Morgan fingerprint density at radius 3 is 2.76 bits per heavy atom. The van der Waals surface area contributed by atoms with Crippen LogP contribution in [0.3, 0.4) is 0 Å². The highest BCUT2D eigenvalue weighted by Crippen LogP contribution is 2.11. The van der Waals surface area contributed by atoms with Crippen LogP contribution in [0.4, 0.5) is 10.1 Å². The molecule has 7 heteroatoms. The molecular weight excluding hydrogens is 321 g/mol. The molecule has 0 aliphatic carbocycles. The van der Waals surface area contributed by atoms with Crippen molar-refractivity contribution in [1.82, 2.24) is 10.3 Å². The Bertz CT molecular complexity index is 698. The van der Waals surface area contributed by atoms with Crippen LogP contribution in [0.2, 0.25) is 0 Å². The number of unbranched alkanes of at least 4 members (excludes halogenated alkanes) is 2. The first-order valence-corrected chi connectivity index (χ1v) is 8.03. The minimum atomic E-state index is -0.271. The molecule has 0 amide bonds. The molecule has 2 rings (SSSR count). The number of nitrogens with zero attached hydrogens (tertiary/aromatic N) is 3. The van der Waals surface area contributed by atoms with E-state index < -0.39 is 0 Å². The molecule has 0 saturated heterocycles. The van der Waals surface area contributed by atoms with Crippen molar-refractivity contribution in [1.29, 1.82) is 5.26 Å². The van der Waals surface area contributed by atoms with E-state index in [2.05, 4.69) is 20.6 Å². The highest BCUT2D eigenvalue weighted by atomic mass is 19.1. The third-order valence-corrected chi connectivity index (χ3v) is 3.25. The highest BCUT2D eigenvalue weighted by Gasteiger charge is 1.99. The zero-order valence-corrected chi connectivity index (χ0v) is 13.8. The molecule has 0 fully saturated rings. The molecule has 25 heavy (non-hydrogen) atoms. The molecule has 6 nitrogen and oxygen atoms in total. The number of benzene rings is 1. The van der Waals surface area contributed by atoms with Crippen molar-refractivity contribution in [2.75, 3.05) is 18.5 Å². The molecule has 0 atom stereocenters. The average Bonchev–Trinajstić information content (AvgIpc) is 2.63. The molecule has 1 aromatic heterocycles. The maximum Gasteiger partial charge on any atom is 0.209 e. The van der Waals surface area contributed by atoms with Crippen molar-refractivity contribution >= 4 is 11.6 Å². The first kappa shape index (κ1) is 18.2. The molecule has 1 aromatic carbocycles. The summed E-state index contributed by atoms with van der Waals surface area (Å²) in [6, 6.07) is 9.63. The van der Waals surface area contributed by atoms with Gasteiger partial charge in [-0.2, -0.15) is 5.26 Å². The highest BCUT2D eigenvalue weighted by molar-refractivity contribution is 5.94. The molecule has 130 valence electrons. The van der Waals surface area contributed by atoms with E-state index in [1.54, 1.807) is 30.6 Å². The fourth-order valence-corrected chi connectivity index (χ4v) is 2.04. The van der Waals surface area contributed by atoms with Gasteiger partial charge in [-0.25, -0.2) is 4.39 Å². The van der Waals surface area contributed by atoms with Gasteiger partial charge >= 0.3 is 0 Å². The predicted octanol–water partition coefficient (Wildman–Crippen LogP) is 3.31. The van der Waals surface area contributed by atoms with E-state index in [4.69, 9.17) is 10.00 Å². The smallest absolute Gasteiger partial charge is 0.209 e. The van der Waals surface area contributed by atoms with Crippen LogP contribution in [0.5, 0.6) is 5.75 Å². The van der Waals surface area contributed by atoms with Gasteiger partial charge in [-0.3, -0.25) is 15.3 Å². The topological polar surface area (TPSA) is 82.3 Å². The largest absolute Gasteiger partial charge is 0.494 e. The molecule has 0 radical (unpaired) electrons. The lowest BCUT2D eigenvalue weighted by molar-refractivity contribution is 0.305. The normalized spacial score (nSPS) is 10.8. The van der Waals surface area contributed by atoms with Crippen LogP contribution in [0, 0.1) is 17.3 Å². The predicted molar refractivity (Wildman–Crippen MR) is 94.7 cm³/mol. The Hall–Kier alpha value is -3.14. The Kier molecular flexibility index (Phi) is 7.72. The molecular formula is C18H20FN5O. The molecule has 0 aliphatic rings. The summed E-state index contributed by atoms with van der Waals surface area (Å²) in [5, 5.41) is 14.3. The van der Waals surface area contributed by atoms with E-state index in [-0.39, 0.29) is 5.82 Å². The van der Waals surface area contributed by atoms with Crippen molar-refractivity contribution in [2.24, 2.45) is 4.99 Å². The first-order chi connectivity index (χ1) is 12.3. The summed E-state index contributed by atoms with van der Waals surface area (Å²) in [5.41, 5.74) is 0.761. The Balaban J connectivity index is 1.64. The summed E-state index contributed by atoms with van der Waals surface area (Å²) in [7, 11) is 0. The summed E-state index contributed by atoms with van der Waals surface area (Å²) in [6.45, 7) is 1.17. The number of nitrogens with one attached hydrogen (secondary N) is 2. The Labute approximate surface area is 146 Å². The third kappa shape index (κ3) is 7.31. The fraction of sp³-hybridized carbons (Fsp3) is 0.278. The fourth-order valence-electron chi connectivity index (χ4n) is 2.04. The molecule has 0 aliphatic heterocycles. The summed E-state index contributed by atoms with van der Waals surface area (Å²) in [5.74, 6) is 0.797. The number of rotatable bonds is 8. The van der Waals surface area contributed by atoms with Gasteiger partial charge in [-0.05, 0) is 55.7 Å². The van der Waals surface area contributed by atoms with E-state index >= 15 is 0 Å². The Morgan fingerprint density at radius 1 is 1.20 bits per heavy atom. The van der Waals surface area contributed by atoms with Crippen LogP contribution in [0.1, 0.15) is 19.3 Å². The lowest BCUT2D eigenvalue weighted by atomic mass is 10.2. The maximum atomic E-state index is 12.8. The molecule has 2 N–H and O–H groups in total. The molecule has 0 spiro atoms. The lowest BCUT2D eigenvalue weighted by Crippen LogP contribution is -2.27. The second kappa shape index (κ2) is 10.6. The number of hydrogen-bond acceptors (Lipinski definition) is 4. The summed E-state index contributed by atoms with van der Waals surface area (Å²) < 4.78 is 18.3. The van der Waals surface area contributed by atoms with Crippen molar-refractivity contribution < 1.29 is 9.13 Å². The zero-order chi connectivity index (χ0) is 17.7. The number of guanidine groups is 1. The second-order valence-electron chi connectivity index (χ2n) is 5.20. The minimum absolute atomic E-state index is 0.271. The first-order valence-electron chi connectivity index (χ1n) is 8.03. The van der Waals surface area contributed by atoms with E-state index in [0.717, 1.165) is 24.9 Å². The van der Waals surface area contributed by atoms with Crippen LogP contribution >= 0.6 is 0 Å². The number of halogens is 1. The maximum absolute atomic E-state index is 12.8. The van der Waals surface area contributed by atoms with Gasteiger partial charge in [0.2, 0.25) is 5.96 Å². The monoisotopic (exact) mass is 341 g/mol. The number of anilines is 1. The van der Waals surface area contributed by atoms with E-state index in [1.165, 1.54) is 12.1 Å². The minimum Gasteiger partial charge on any atom is -0.494 e. The van der Waals surface area contributed by atoms with Gasteiger partial charge in [0.05, 0.1) is 18.5 Å². The van der Waals surface area contributed by atoms with Crippen LogP contribution in [0.15, 0.2) is 53.8 Å². The van der Waals surface area contributed by atoms with E-state index in [0.29, 0.717) is 24.9 Å². The summed E-state index contributed by atoms with van der Waals surface area (Å²) in [6.07, 6.45) is 7.88. The van der Waals surface area contributed by atoms with Gasteiger partial charge in [-0.1, -0.05) is 0 Å². The van der Waals surface area contributed by atoms with Crippen molar-refractivity contribution in [2.45, 2.75) is 19.3 Å². The number of hydrogen-bond donors (Lipinski definition) is 2. The van der Waals surface area contributed by atoms with Gasteiger partial charge in [0, 0.05) is 12.7 Å². The summed E-state index contributed by atoms with van der Waals surface area (Å²) in [4.78, 5) is 8.33. The molecule has 2 aromatic rings. The quantitative estimate of drug-likeness (QED) is 0.253. The average molecular weight is 341 g/mol. The van der Waals surface area contributed by atoms with E-state index in [9.17, 15) is 4.39 Å². The number of aliphatic imine (C=N–C) groups is 1. The van der Waals surface area contributed by atoms with Gasteiger partial charge in [0.25, 0.3) is 0 Å². The summed E-state index contributed by atoms with van der Waals surface area (Å²) >= 11 is 0. The lowest BCUT2D eigenvalue weighted by Gasteiger charge is -2.08. The third-order valence-electron chi connectivity index (χ3n) is 3.25. The molecule has 1 heterocycles. The zero-order valence-electron chi connectivity index (χ0n) is 13.8. The van der Waals surface area contributed by atoms with Gasteiger partial charge < -0.3 is 10.1 Å². The van der Waals surface area contributed by atoms with Gasteiger partial charge in [0.1, 0.15) is 11.6 Å².